The quantitative estimate of drug-likeness (QED) is 0.827. The van der Waals surface area contributed by atoms with E-state index in [1.54, 1.807) is 23.0 Å². The van der Waals surface area contributed by atoms with Crippen LogP contribution >= 0.6 is 0 Å². The van der Waals surface area contributed by atoms with Gasteiger partial charge in [0.2, 0.25) is 12.7 Å². The Morgan fingerprint density at radius 2 is 2.19 bits per heavy atom. The van der Waals surface area contributed by atoms with Crippen LogP contribution in [0.15, 0.2) is 24.5 Å². The third-order valence-electron chi connectivity index (χ3n) is 3.22. The fraction of sp³-hybridized carbons (Fsp3) is 0.286. The molecule has 0 saturated heterocycles. The number of nitrogens with one attached hydrogen (secondary N) is 1. The number of anilines is 2. The lowest BCUT2D eigenvalue weighted by Crippen LogP contribution is -2.13. The molecule has 7 heteroatoms. The molecule has 0 unspecified atom stereocenters. The molecule has 1 aliphatic heterocycles. The zero-order valence-electron chi connectivity index (χ0n) is 11.6. The summed E-state index contributed by atoms with van der Waals surface area (Å²) in [5, 5.41) is 6.86. The van der Waals surface area contributed by atoms with Crippen LogP contribution in [0.4, 0.5) is 11.4 Å². The van der Waals surface area contributed by atoms with Crippen LogP contribution in [0.5, 0.6) is 11.5 Å². The number of rotatable bonds is 4. The van der Waals surface area contributed by atoms with Crippen molar-refractivity contribution in [2.45, 2.75) is 12.8 Å². The van der Waals surface area contributed by atoms with Gasteiger partial charge in [-0.05, 0) is 12.0 Å². The maximum absolute atomic E-state index is 12.0. The van der Waals surface area contributed by atoms with Gasteiger partial charge in [-0.2, -0.15) is 5.10 Å². The molecule has 1 amide bonds. The number of nitrogens with two attached hydrogens (primary N) is 1. The number of nitrogen functional groups attached to an aromatic ring is 1. The Hall–Kier alpha value is -2.70. The van der Waals surface area contributed by atoms with E-state index in [0.717, 1.165) is 5.56 Å². The van der Waals surface area contributed by atoms with Gasteiger partial charge in [-0.25, -0.2) is 0 Å². The van der Waals surface area contributed by atoms with Crippen LogP contribution < -0.4 is 20.5 Å². The molecule has 0 atom stereocenters. The first-order valence-electron chi connectivity index (χ1n) is 6.58. The second kappa shape index (κ2) is 5.35. The predicted octanol–water partition coefficient (Wildman–Crippen LogP) is 1.30. The van der Waals surface area contributed by atoms with Gasteiger partial charge in [0, 0.05) is 31.8 Å². The van der Waals surface area contributed by atoms with Gasteiger partial charge >= 0.3 is 0 Å². The van der Waals surface area contributed by atoms with Crippen molar-refractivity contribution < 1.29 is 14.3 Å². The number of fused-ring (bicyclic) bond motifs is 1. The minimum atomic E-state index is -0.107. The van der Waals surface area contributed by atoms with Gasteiger partial charge in [0.1, 0.15) is 0 Å². The highest BCUT2D eigenvalue weighted by Gasteiger charge is 2.17. The molecule has 0 bridgehead atoms. The number of carbonyl (C=O) groups is 1. The number of ether oxygens (including phenoxy) is 2. The van der Waals surface area contributed by atoms with E-state index in [0.29, 0.717) is 35.7 Å². The molecule has 2 heterocycles. The summed E-state index contributed by atoms with van der Waals surface area (Å²) in [6.45, 7) is 0.174. The highest BCUT2D eigenvalue weighted by atomic mass is 16.7. The van der Waals surface area contributed by atoms with Crippen molar-refractivity contribution >= 4 is 17.3 Å². The summed E-state index contributed by atoms with van der Waals surface area (Å²) in [5.74, 6) is 1.08. The van der Waals surface area contributed by atoms with E-state index in [-0.39, 0.29) is 12.7 Å². The van der Waals surface area contributed by atoms with Crippen molar-refractivity contribution in [3.05, 3.63) is 30.1 Å². The summed E-state index contributed by atoms with van der Waals surface area (Å²) in [4.78, 5) is 12.0. The first-order chi connectivity index (χ1) is 10.1. The Kier molecular flexibility index (Phi) is 3.39. The summed E-state index contributed by atoms with van der Waals surface area (Å²) in [6.07, 6.45) is 4.63. The first kappa shape index (κ1) is 13.3. The van der Waals surface area contributed by atoms with Crippen LogP contribution in [-0.4, -0.2) is 22.5 Å². The fourth-order valence-electron chi connectivity index (χ4n) is 2.14. The molecule has 110 valence electrons. The van der Waals surface area contributed by atoms with Gasteiger partial charge in [-0.3, -0.25) is 9.48 Å². The van der Waals surface area contributed by atoms with Crippen LogP contribution in [0.25, 0.3) is 0 Å². The minimum Gasteiger partial charge on any atom is -0.454 e. The molecule has 1 aromatic heterocycles. The fourth-order valence-corrected chi connectivity index (χ4v) is 2.14. The third kappa shape index (κ3) is 2.91. The molecule has 1 aromatic carbocycles. The summed E-state index contributed by atoms with van der Waals surface area (Å²) >= 11 is 0. The number of nitrogens with zero attached hydrogens (tertiary/aromatic N) is 2. The van der Waals surface area contributed by atoms with Gasteiger partial charge in [-0.1, -0.05) is 0 Å². The van der Waals surface area contributed by atoms with E-state index in [2.05, 4.69) is 10.4 Å². The molecular formula is C14H16N4O3. The Bertz CT molecular complexity index is 681. The van der Waals surface area contributed by atoms with Gasteiger partial charge in [0.05, 0.1) is 17.6 Å². The van der Waals surface area contributed by atoms with E-state index in [1.165, 1.54) is 0 Å². The lowest BCUT2D eigenvalue weighted by atomic mass is 10.2. The number of amides is 1. The van der Waals surface area contributed by atoms with Gasteiger partial charge in [0.25, 0.3) is 0 Å². The van der Waals surface area contributed by atoms with Crippen molar-refractivity contribution in [2.75, 3.05) is 17.8 Å². The number of hydrogen-bond donors (Lipinski definition) is 2. The molecule has 21 heavy (non-hydrogen) atoms. The molecule has 0 fully saturated rings. The average molecular weight is 288 g/mol. The van der Waals surface area contributed by atoms with Crippen LogP contribution in [-0.2, 0) is 18.3 Å². The lowest BCUT2D eigenvalue weighted by molar-refractivity contribution is -0.116. The highest BCUT2D eigenvalue weighted by molar-refractivity contribution is 5.94. The molecule has 2 aromatic rings. The second-order valence-electron chi connectivity index (χ2n) is 4.86. The average Bonchev–Trinajstić information content (AvgIpc) is 3.05. The number of benzene rings is 1. The number of carbonyl (C=O) groups excluding carboxylic acids is 1. The van der Waals surface area contributed by atoms with Gasteiger partial charge in [0.15, 0.2) is 11.5 Å². The van der Waals surface area contributed by atoms with Gasteiger partial charge < -0.3 is 20.5 Å². The molecule has 3 N–H and O–H groups in total. The molecular weight excluding hydrogens is 272 g/mol. The van der Waals surface area contributed by atoms with E-state index >= 15 is 0 Å². The molecule has 0 saturated carbocycles. The summed E-state index contributed by atoms with van der Waals surface area (Å²) < 4.78 is 12.2. The molecule has 1 aliphatic rings. The number of aryl methyl sites for hydroxylation is 2. The summed E-state index contributed by atoms with van der Waals surface area (Å²) in [5.41, 5.74) is 7.90. The van der Waals surface area contributed by atoms with E-state index in [9.17, 15) is 4.79 Å². The van der Waals surface area contributed by atoms with Crippen molar-refractivity contribution in [2.24, 2.45) is 7.05 Å². The Balaban J connectivity index is 1.62. The third-order valence-corrected chi connectivity index (χ3v) is 3.22. The highest BCUT2D eigenvalue weighted by Crippen LogP contribution is 2.38. The molecule has 0 spiro atoms. The zero-order valence-corrected chi connectivity index (χ0v) is 11.6. The molecule has 0 aliphatic carbocycles. The Morgan fingerprint density at radius 3 is 2.90 bits per heavy atom. The monoisotopic (exact) mass is 288 g/mol. The largest absolute Gasteiger partial charge is 0.454 e. The molecule has 0 radical (unpaired) electrons. The van der Waals surface area contributed by atoms with Crippen LogP contribution in [0.3, 0.4) is 0 Å². The summed E-state index contributed by atoms with van der Waals surface area (Å²) in [6, 6.07) is 3.33. The standard InChI is InChI=1S/C14H16N4O3/c1-18-7-9(6-16-18)2-3-14(19)17-11-5-13-12(4-10(11)15)20-8-21-13/h4-7H,2-3,8,15H2,1H3,(H,17,19). The van der Waals surface area contributed by atoms with Crippen molar-refractivity contribution in [3.63, 3.8) is 0 Å². The summed E-state index contributed by atoms with van der Waals surface area (Å²) in [7, 11) is 1.84. The maximum Gasteiger partial charge on any atom is 0.231 e. The van der Waals surface area contributed by atoms with Crippen LogP contribution in [0.1, 0.15) is 12.0 Å². The molecule has 3 rings (SSSR count). The predicted molar refractivity (Wildman–Crippen MR) is 77.1 cm³/mol. The normalized spacial score (nSPS) is 12.4. The van der Waals surface area contributed by atoms with Crippen LogP contribution in [0, 0.1) is 0 Å². The number of hydrogen-bond acceptors (Lipinski definition) is 5. The smallest absolute Gasteiger partial charge is 0.231 e. The lowest BCUT2D eigenvalue weighted by Gasteiger charge is -2.09. The second-order valence-corrected chi connectivity index (χ2v) is 4.86. The van der Waals surface area contributed by atoms with E-state index in [4.69, 9.17) is 15.2 Å². The zero-order chi connectivity index (χ0) is 14.8. The van der Waals surface area contributed by atoms with Gasteiger partial charge in [-0.15, -0.1) is 0 Å². The number of aromatic nitrogens is 2. The van der Waals surface area contributed by atoms with Crippen LogP contribution in [0.2, 0.25) is 0 Å². The Labute approximate surface area is 121 Å². The van der Waals surface area contributed by atoms with Crippen molar-refractivity contribution in [3.8, 4) is 11.5 Å². The molecule has 7 nitrogen and oxygen atoms in total. The Morgan fingerprint density at radius 1 is 1.43 bits per heavy atom. The van der Waals surface area contributed by atoms with Crippen molar-refractivity contribution in [1.29, 1.82) is 0 Å². The van der Waals surface area contributed by atoms with E-state index in [1.807, 2.05) is 13.2 Å². The van der Waals surface area contributed by atoms with E-state index < -0.39 is 0 Å². The van der Waals surface area contributed by atoms with Crippen molar-refractivity contribution in [1.82, 2.24) is 9.78 Å². The SMILES string of the molecule is Cn1cc(CCC(=O)Nc2cc3c(cc2N)OCO3)cn1. The first-order valence-corrected chi connectivity index (χ1v) is 6.58. The maximum atomic E-state index is 12.0. The minimum absolute atomic E-state index is 0.107. The topological polar surface area (TPSA) is 91.4 Å².